The first-order chi connectivity index (χ1) is 7.65. The van der Waals surface area contributed by atoms with Crippen molar-refractivity contribution in [3.8, 4) is 0 Å². The van der Waals surface area contributed by atoms with E-state index in [9.17, 15) is 0 Å². The largest absolute Gasteiger partial charge is 0.312 e. The second kappa shape index (κ2) is 3.98. The van der Waals surface area contributed by atoms with Crippen molar-refractivity contribution < 1.29 is 0 Å². The van der Waals surface area contributed by atoms with Crippen LogP contribution in [-0.4, -0.2) is 12.1 Å². The molecule has 100 valence electrons. The molecule has 0 heterocycles. The molecule has 2 rings (SSSR count). The van der Waals surface area contributed by atoms with Crippen LogP contribution in [0.15, 0.2) is 0 Å². The third-order valence-corrected chi connectivity index (χ3v) is 5.27. The van der Waals surface area contributed by atoms with E-state index in [1.807, 2.05) is 0 Å². The number of rotatable bonds is 2. The van der Waals surface area contributed by atoms with Crippen molar-refractivity contribution in [2.24, 2.45) is 22.7 Å². The summed E-state index contributed by atoms with van der Waals surface area (Å²) in [5.74, 6) is 1.88. The molecule has 2 aliphatic rings. The smallest absolute Gasteiger partial charge is 0.00966 e. The lowest BCUT2D eigenvalue weighted by Gasteiger charge is -2.41. The van der Waals surface area contributed by atoms with E-state index in [-0.39, 0.29) is 5.54 Å². The summed E-state index contributed by atoms with van der Waals surface area (Å²) in [4.78, 5) is 0. The lowest BCUT2D eigenvalue weighted by Crippen LogP contribution is -2.39. The number of nitrogens with one attached hydrogen (secondary N) is 1. The van der Waals surface area contributed by atoms with Crippen molar-refractivity contribution in [2.45, 2.75) is 72.8 Å². The maximum atomic E-state index is 3.70. The Balaban J connectivity index is 1.88. The molecule has 1 spiro atoms. The molecule has 2 saturated carbocycles. The second-order valence-electron chi connectivity index (χ2n) is 8.53. The summed E-state index contributed by atoms with van der Waals surface area (Å²) in [5.41, 5.74) is 1.59. The minimum atomic E-state index is 0.279. The molecule has 0 bridgehead atoms. The highest BCUT2D eigenvalue weighted by Gasteiger charge is 2.59. The monoisotopic (exact) mass is 237 g/mol. The summed E-state index contributed by atoms with van der Waals surface area (Å²) in [6, 6.07) is 0. The Bertz CT molecular complexity index is 286. The van der Waals surface area contributed by atoms with Gasteiger partial charge in [0.15, 0.2) is 0 Å². The van der Waals surface area contributed by atoms with Gasteiger partial charge in [0.25, 0.3) is 0 Å². The molecule has 0 aromatic heterocycles. The minimum Gasteiger partial charge on any atom is -0.312 e. The van der Waals surface area contributed by atoms with Crippen LogP contribution >= 0.6 is 0 Å². The van der Waals surface area contributed by atoms with Gasteiger partial charge in [0.05, 0.1) is 0 Å². The predicted octanol–water partition coefficient (Wildman–Crippen LogP) is 4.23. The van der Waals surface area contributed by atoms with Crippen molar-refractivity contribution >= 4 is 0 Å². The van der Waals surface area contributed by atoms with Gasteiger partial charge in [-0.05, 0) is 75.7 Å². The van der Waals surface area contributed by atoms with Gasteiger partial charge in [-0.1, -0.05) is 20.8 Å². The van der Waals surface area contributed by atoms with Gasteiger partial charge in [-0.2, -0.15) is 0 Å². The summed E-state index contributed by atoms with van der Waals surface area (Å²) in [7, 11) is 0. The topological polar surface area (TPSA) is 12.0 Å². The zero-order valence-electron chi connectivity index (χ0n) is 12.7. The van der Waals surface area contributed by atoms with Gasteiger partial charge >= 0.3 is 0 Å². The van der Waals surface area contributed by atoms with E-state index in [4.69, 9.17) is 0 Å². The fraction of sp³-hybridized carbons (Fsp3) is 1.00. The molecule has 0 amide bonds. The molecule has 17 heavy (non-hydrogen) atoms. The van der Waals surface area contributed by atoms with Gasteiger partial charge in [-0.25, -0.2) is 0 Å². The van der Waals surface area contributed by atoms with Gasteiger partial charge in [0.2, 0.25) is 0 Å². The van der Waals surface area contributed by atoms with Crippen LogP contribution in [0.4, 0.5) is 0 Å². The van der Waals surface area contributed by atoms with Gasteiger partial charge in [0, 0.05) is 5.54 Å². The molecule has 0 aromatic rings. The summed E-state index contributed by atoms with van der Waals surface area (Å²) >= 11 is 0. The predicted molar refractivity (Wildman–Crippen MR) is 75.1 cm³/mol. The third-order valence-electron chi connectivity index (χ3n) is 5.27. The molecule has 0 saturated heterocycles. The van der Waals surface area contributed by atoms with Crippen LogP contribution in [0.2, 0.25) is 0 Å². The molecule has 3 unspecified atom stereocenters. The van der Waals surface area contributed by atoms with Crippen molar-refractivity contribution in [3.63, 3.8) is 0 Å². The summed E-state index contributed by atoms with van der Waals surface area (Å²) in [5, 5.41) is 3.70. The molecule has 1 heteroatoms. The van der Waals surface area contributed by atoms with Gasteiger partial charge < -0.3 is 5.32 Å². The van der Waals surface area contributed by atoms with Crippen LogP contribution < -0.4 is 5.32 Å². The molecule has 0 radical (unpaired) electrons. The highest BCUT2D eigenvalue weighted by molar-refractivity contribution is 5.09. The average molecular weight is 237 g/mol. The molecular formula is C16H31N. The maximum Gasteiger partial charge on any atom is 0.00966 e. The van der Waals surface area contributed by atoms with Crippen molar-refractivity contribution in [1.82, 2.24) is 5.32 Å². The number of hydrogen-bond donors (Lipinski definition) is 1. The van der Waals surface area contributed by atoms with Crippen molar-refractivity contribution in [3.05, 3.63) is 0 Å². The Labute approximate surface area is 108 Å². The Morgan fingerprint density at radius 3 is 2.29 bits per heavy atom. The van der Waals surface area contributed by atoms with Crippen LogP contribution in [0.3, 0.4) is 0 Å². The van der Waals surface area contributed by atoms with Gasteiger partial charge in [-0.15, -0.1) is 0 Å². The zero-order valence-corrected chi connectivity index (χ0v) is 12.7. The van der Waals surface area contributed by atoms with Gasteiger partial charge in [0.1, 0.15) is 0 Å². The highest BCUT2D eigenvalue weighted by atomic mass is 15.0. The van der Waals surface area contributed by atoms with Crippen LogP contribution in [0.1, 0.15) is 67.2 Å². The normalized spacial score (nSPS) is 40.6. The first-order valence-corrected chi connectivity index (χ1v) is 7.40. The van der Waals surface area contributed by atoms with E-state index in [0.717, 1.165) is 11.8 Å². The quantitative estimate of drug-likeness (QED) is 0.758. The fourth-order valence-electron chi connectivity index (χ4n) is 3.97. The van der Waals surface area contributed by atoms with Gasteiger partial charge in [-0.3, -0.25) is 0 Å². The van der Waals surface area contributed by atoms with E-state index >= 15 is 0 Å². The third kappa shape index (κ3) is 2.86. The van der Waals surface area contributed by atoms with E-state index < -0.39 is 0 Å². The lowest BCUT2D eigenvalue weighted by atomic mass is 9.65. The average Bonchev–Trinajstić information content (AvgIpc) is 2.83. The van der Waals surface area contributed by atoms with E-state index in [1.54, 1.807) is 0 Å². The second-order valence-corrected chi connectivity index (χ2v) is 8.53. The Morgan fingerprint density at radius 1 is 1.12 bits per heavy atom. The van der Waals surface area contributed by atoms with E-state index in [1.165, 1.54) is 32.2 Å². The summed E-state index contributed by atoms with van der Waals surface area (Å²) in [6.07, 6.45) is 5.81. The summed E-state index contributed by atoms with van der Waals surface area (Å²) in [6.45, 7) is 15.4. The van der Waals surface area contributed by atoms with E-state index in [0.29, 0.717) is 10.8 Å². The Kier molecular flexibility index (Phi) is 3.14. The van der Waals surface area contributed by atoms with Crippen LogP contribution in [0.25, 0.3) is 0 Å². The van der Waals surface area contributed by atoms with Crippen LogP contribution in [0.5, 0.6) is 0 Å². The first kappa shape index (κ1) is 13.4. The molecule has 1 nitrogen and oxygen atoms in total. The zero-order chi connectivity index (χ0) is 12.9. The molecule has 1 N–H and O–H groups in total. The van der Waals surface area contributed by atoms with E-state index in [2.05, 4.69) is 46.9 Å². The molecule has 0 aliphatic heterocycles. The van der Waals surface area contributed by atoms with Crippen molar-refractivity contribution in [1.29, 1.82) is 0 Å². The summed E-state index contributed by atoms with van der Waals surface area (Å²) < 4.78 is 0. The minimum absolute atomic E-state index is 0.279. The Morgan fingerprint density at radius 2 is 1.76 bits per heavy atom. The first-order valence-electron chi connectivity index (χ1n) is 7.40. The molecule has 0 aromatic carbocycles. The Hall–Kier alpha value is -0.0400. The molecule has 2 aliphatic carbocycles. The highest BCUT2D eigenvalue weighted by Crippen LogP contribution is 2.66. The van der Waals surface area contributed by atoms with Crippen LogP contribution in [-0.2, 0) is 0 Å². The SMILES string of the molecule is CC1CC(C)(C)CCC12CC2CNC(C)(C)C. The molecule has 2 fully saturated rings. The molecular weight excluding hydrogens is 206 g/mol. The maximum absolute atomic E-state index is 3.70. The van der Waals surface area contributed by atoms with Crippen LogP contribution in [0, 0.1) is 22.7 Å². The molecule has 3 atom stereocenters. The van der Waals surface area contributed by atoms with Crippen molar-refractivity contribution in [2.75, 3.05) is 6.54 Å². The number of hydrogen-bond acceptors (Lipinski definition) is 1. The lowest BCUT2D eigenvalue weighted by molar-refractivity contribution is 0.100. The standard InChI is InChI=1S/C16H31N/c1-12-9-15(5,6)7-8-16(12)10-13(16)11-17-14(2,3)4/h12-13,17H,7-11H2,1-6H3. The fourth-order valence-corrected chi connectivity index (χ4v) is 3.97.